The first-order valence-electron chi connectivity index (χ1n) is 8.05. The molecular weight excluding hydrogens is 413 g/mol. The summed E-state index contributed by atoms with van der Waals surface area (Å²) in [4.78, 5) is 29.0. The predicted octanol–water partition coefficient (Wildman–Crippen LogP) is 3.60. The van der Waals surface area contributed by atoms with Gasteiger partial charge in [-0.3, -0.25) is 14.0 Å². The summed E-state index contributed by atoms with van der Waals surface area (Å²) in [6, 6.07) is 7.60. The largest absolute Gasteiger partial charge is 0.405 e. The Morgan fingerprint density at radius 1 is 1.25 bits per heavy atom. The third-order valence-corrected chi connectivity index (χ3v) is 5.24. The van der Waals surface area contributed by atoms with Gasteiger partial charge in [-0.05, 0) is 12.1 Å². The second-order valence-electron chi connectivity index (χ2n) is 5.70. The summed E-state index contributed by atoms with van der Waals surface area (Å²) >= 11 is 2.60. The SMILES string of the molecule is O=C(CSCc1cc(=O)n2ccsc2n1)Nc1ccccc1NCC(F)(F)F. The van der Waals surface area contributed by atoms with E-state index in [1.807, 2.05) is 0 Å². The molecule has 0 spiro atoms. The number of hydrogen-bond donors (Lipinski definition) is 2. The molecule has 3 aromatic rings. The fourth-order valence-electron chi connectivity index (χ4n) is 2.34. The summed E-state index contributed by atoms with van der Waals surface area (Å²) in [6.07, 6.45) is -2.72. The third-order valence-electron chi connectivity index (χ3n) is 3.52. The van der Waals surface area contributed by atoms with Gasteiger partial charge in [0.15, 0.2) is 4.96 Å². The molecule has 0 unspecified atom stereocenters. The van der Waals surface area contributed by atoms with Crippen LogP contribution in [0.3, 0.4) is 0 Å². The van der Waals surface area contributed by atoms with Crippen LogP contribution in [0.25, 0.3) is 4.96 Å². The van der Waals surface area contributed by atoms with Crippen LogP contribution in [0, 0.1) is 0 Å². The Balaban J connectivity index is 1.55. The van der Waals surface area contributed by atoms with E-state index < -0.39 is 12.7 Å². The van der Waals surface area contributed by atoms with Crippen LogP contribution in [0.5, 0.6) is 0 Å². The van der Waals surface area contributed by atoms with Gasteiger partial charge in [-0.1, -0.05) is 12.1 Å². The van der Waals surface area contributed by atoms with E-state index >= 15 is 0 Å². The van der Waals surface area contributed by atoms with E-state index in [4.69, 9.17) is 0 Å². The monoisotopic (exact) mass is 428 g/mol. The molecule has 1 aromatic carbocycles. The number of nitrogens with zero attached hydrogens (tertiary/aromatic N) is 2. The van der Waals surface area contributed by atoms with Crippen LogP contribution in [0.4, 0.5) is 24.5 Å². The Bertz CT molecular complexity index is 1030. The summed E-state index contributed by atoms with van der Waals surface area (Å²) in [7, 11) is 0. The van der Waals surface area contributed by atoms with E-state index in [1.54, 1.807) is 23.7 Å². The highest BCUT2D eigenvalue weighted by atomic mass is 32.2. The lowest BCUT2D eigenvalue weighted by Gasteiger charge is -2.14. The lowest BCUT2D eigenvalue weighted by molar-refractivity contribution is -0.115. The zero-order chi connectivity index (χ0) is 20.1. The first-order chi connectivity index (χ1) is 13.3. The van der Waals surface area contributed by atoms with Crippen molar-refractivity contribution in [2.24, 2.45) is 0 Å². The zero-order valence-corrected chi connectivity index (χ0v) is 16.0. The van der Waals surface area contributed by atoms with E-state index in [1.165, 1.54) is 45.7 Å². The Hall–Kier alpha value is -2.53. The van der Waals surface area contributed by atoms with Crippen molar-refractivity contribution in [3.63, 3.8) is 0 Å². The summed E-state index contributed by atoms with van der Waals surface area (Å²) in [5.41, 5.74) is 0.846. The van der Waals surface area contributed by atoms with Gasteiger partial charge >= 0.3 is 6.18 Å². The zero-order valence-electron chi connectivity index (χ0n) is 14.3. The maximum atomic E-state index is 12.4. The second kappa shape index (κ2) is 8.65. The molecule has 0 aliphatic rings. The van der Waals surface area contributed by atoms with Crippen molar-refractivity contribution in [1.29, 1.82) is 0 Å². The first kappa shape index (κ1) is 20.2. The van der Waals surface area contributed by atoms with Crippen molar-refractivity contribution >= 4 is 45.3 Å². The number of alkyl halides is 3. The number of carbonyl (C=O) groups is 1. The van der Waals surface area contributed by atoms with Gasteiger partial charge in [-0.25, -0.2) is 4.98 Å². The minimum absolute atomic E-state index is 0.0685. The smallest absolute Gasteiger partial charge is 0.375 e. The van der Waals surface area contributed by atoms with Crippen LogP contribution in [0.1, 0.15) is 5.69 Å². The van der Waals surface area contributed by atoms with Crippen molar-refractivity contribution < 1.29 is 18.0 Å². The first-order valence-corrected chi connectivity index (χ1v) is 10.1. The third kappa shape index (κ3) is 5.49. The maximum Gasteiger partial charge on any atom is 0.405 e. The summed E-state index contributed by atoms with van der Waals surface area (Å²) in [6.45, 7) is -1.19. The quantitative estimate of drug-likeness (QED) is 0.602. The fourth-order valence-corrected chi connectivity index (χ4v) is 3.79. The Kier molecular flexibility index (Phi) is 6.25. The topological polar surface area (TPSA) is 75.5 Å². The van der Waals surface area contributed by atoms with E-state index in [0.29, 0.717) is 16.4 Å². The average molecular weight is 428 g/mol. The lowest BCUT2D eigenvalue weighted by atomic mass is 10.2. The number of benzene rings is 1. The Labute approximate surface area is 165 Å². The van der Waals surface area contributed by atoms with Gasteiger partial charge in [0.2, 0.25) is 5.91 Å². The number of rotatable bonds is 7. The molecule has 28 heavy (non-hydrogen) atoms. The number of halogens is 3. The number of fused-ring (bicyclic) bond motifs is 1. The maximum absolute atomic E-state index is 12.4. The molecular formula is C17H15F3N4O2S2. The number of aromatic nitrogens is 2. The number of nitrogens with one attached hydrogen (secondary N) is 2. The van der Waals surface area contributed by atoms with Crippen molar-refractivity contribution in [3.05, 3.63) is 58.0 Å². The van der Waals surface area contributed by atoms with Crippen molar-refractivity contribution in [3.8, 4) is 0 Å². The van der Waals surface area contributed by atoms with Gasteiger partial charge < -0.3 is 10.6 Å². The molecule has 0 bridgehead atoms. The van der Waals surface area contributed by atoms with E-state index in [-0.39, 0.29) is 28.6 Å². The minimum atomic E-state index is -4.36. The van der Waals surface area contributed by atoms with Gasteiger partial charge in [0.05, 0.1) is 22.8 Å². The highest BCUT2D eigenvalue weighted by molar-refractivity contribution is 7.99. The van der Waals surface area contributed by atoms with Gasteiger partial charge in [-0.2, -0.15) is 13.2 Å². The predicted molar refractivity (Wildman–Crippen MR) is 105 cm³/mol. The van der Waals surface area contributed by atoms with Gasteiger partial charge in [0.1, 0.15) is 6.54 Å². The second-order valence-corrected chi connectivity index (χ2v) is 7.56. The van der Waals surface area contributed by atoms with E-state index in [0.717, 1.165) is 0 Å². The molecule has 6 nitrogen and oxygen atoms in total. The summed E-state index contributed by atoms with van der Waals surface area (Å²) < 4.78 is 38.6. The molecule has 0 aliphatic carbocycles. The molecule has 2 heterocycles. The van der Waals surface area contributed by atoms with Gasteiger partial charge in [-0.15, -0.1) is 23.1 Å². The van der Waals surface area contributed by atoms with E-state index in [9.17, 15) is 22.8 Å². The lowest BCUT2D eigenvalue weighted by Crippen LogP contribution is -2.22. The number of amides is 1. The number of thioether (sulfide) groups is 1. The molecule has 0 aliphatic heterocycles. The average Bonchev–Trinajstić information content (AvgIpc) is 3.09. The van der Waals surface area contributed by atoms with Crippen LogP contribution in [-0.4, -0.2) is 33.8 Å². The van der Waals surface area contributed by atoms with Crippen LogP contribution >= 0.6 is 23.1 Å². The van der Waals surface area contributed by atoms with Crippen molar-refractivity contribution in [2.45, 2.75) is 11.9 Å². The number of carbonyl (C=O) groups excluding carboxylic acids is 1. The number of para-hydroxylation sites is 2. The standard InChI is InChI=1S/C17H15F3N4O2S2/c18-17(19,20)10-21-12-3-1-2-4-13(12)23-14(25)9-27-8-11-7-15(26)24-5-6-28-16(24)22-11/h1-7,21H,8-10H2,(H,23,25). The highest BCUT2D eigenvalue weighted by Gasteiger charge is 2.27. The minimum Gasteiger partial charge on any atom is -0.375 e. The molecule has 0 saturated heterocycles. The van der Waals surface area contributed by atoms with E-state index in [2.05, 4.69) is 15.6 Å². The molecule has 0 saturated carbocycles. The molecule has 0 radical (unpaired) electrons. The summed E-state index contributed by atoms with van der Waals surface area (Å²) in [5.74, 6) is 0.0737. The van der Waals surface area contributed by atoms with Crippen LogP contribution in [0.2, 0.25) is 0 Å². The van der Waals surface area contributed by atoms with Crippen LogP contribution in [0.15, 0.2) is 46.7 Å². The number of anilines is 2. The van der Waals surface area contributed by atoms with Crippen LogP contribution < -0.4 is 16.2 Å². The highest BCUT2D eigenvalue weighted by Crippen LogP contribution is 2.24. The van der Waals surface area contributed by atoms with Gasteiger partial charge in [0.25, 0.3) is 5.56 Å². The molecule has 1 amide bonds. The molecule has 2 N–H and O–H groups in total. The number of thiazole rings is 1. The van der Waals surface area contributed by atoms with Crippen molar-refractivity contribution in [2.75, 3.05) is 22.9 Å². The fraction of sp³-hybridized carbons (Fsp3) is 0.235. The van der Waals surface area contributed by atoms with Gasteiger partial charge in [0, 0.05) is 23.4 Å². The normalized spacial score (nSPS) is 11.5. The van der Waals surface area contributed by atoms with Crippen LogP contribution in [-0.2, 0) is 10.5 Å². The molecule has 11 heteroatoms. The Morgan fingerprint density at radius 2 is 2.00 bits per heavy atom. The molecule has 2 aromatic heterocycles. The van der Waals surface area contributed by atoms with Crippen molar-refractivity contribution in [1.82, 2.24) is 9.38 Å². The Morgan fingerprint density at radius 3 is 2.75 bits per heavy atom. The summed E-state index contributed by atoms with van der Waals surface area (Å²) in [5, 5.41) is 6.63. The molecule has 3 rings (SSSR count). The molecule has 0 atom stereocenters. The molecule has 0 fully saturated rings. The molecule has 148 valence electrons. The number of hydrogen-bond acceptors (Lipinski definition) is 6.